The van der Waals surface area contributed by atoms with Crippen molar-refractivity contribution in [1.82, 2.24) is 5.32 Å². The molecule has 1 fully saturated rings. The number of hydrogen-bond acceptors (Lipinski definition) is 1. The minimum absolute atomic E-state index is 1.08. The lowest BCUT2D eigenvalue weighted by Gasteiger charge is -2.15. The first-order valence-corrected chi connectivity index (χ1v) is 6.44. The smallest absolute Gasteiger partial charge is 0.0167 e. The van der Waals surface area contributed by atoms with Crippen molar-refractivity contribution in [2.24, 2.45) is 0 Å². The highest BCUT2D eigenvalue weighted by atomic mass is 14.9. The summed E-state index contributed by atoms with van der Waals surface area (Å²) < 4.78 is 0. The lowest BCUT2D eigenvalue weighted by atomic mass is 10.0. The van der Waals surface area contributed by atoms with E-state index in [0.717, 1.165) is 6.54 Å². The maximum atomic E-state index is 3.44. The molecule has 16 heavy (non-hydrogen) atoms. The van der Waals surface area contributed by atoms with Gasteiger partial charge in [-0.05, 0) is 55.3 Å². The molecular formula is C15H19N. The number of hydrogen-bond donors (Lipinski definition) is 1. The summed E-state index contributed by atoms with van der Waals surface area (Å²) in [6.07, 6.45) is 8.85. The second-order valence-electron chi connectivity index (χ2n) is 4.96. The van der Waals surface area contributed by atoms with Crippen LogP contribution in [0.1, 0.15) is 36.0 Å². The van der Waals surface area contributed by atoms with Gasteiger partial charge in [-0.2, -0.15) is 0 Å². The van der Waals surface area contributed by atoms with E-state index in [0.29, 0.717) is 0 Å². The molecule has 0 saturated carbocycles. The maximum Gasteiger partial charge on any atom is 0.0167 e. The van der Waals surface area contributed by atoms with Crippen LogP contribution in [-0.4, -0.2) is 13.1 Å². The van der Waals surface area contributed by atoms with Gasteiger partial charge in [-0.1, -0.05) is 29.8 Å². The summed E-state index contributed by atoms with van der Waals surface area (Å²) in [4.78, 5) is 0. The van der Waals surface area contributed by atoms with E-state index in [1.54, 1.807) is 16.7 Å². The Morgan fingerprint density at radius 1 is 1.00 bits per heavy atom. The van der Waals surface area contributed by atoms with Crippen LogP contribution in [0, 0.1) is 0 Å². The van der Waals surface area contributed by atoms with Crippen LogP contribution in [0.2, 0.25) is 0 Å². The highest BCUT2D eigenvalue weighted by Gasteiger charge is 2.10. The van der Waals surface area contributed by atoms with Crippen LogP contribution >= 0.6 is 0 Å². The van der Waals surface area contributed by atoms with E-state index in [1.165, 1.54) is 44.2 Å². The zero-order valence-electron chi connectivity index (χ0n) is 9.76. The van der Waals surface area contributed by atoms with E-state index in [2.05, 4.69) is 29.6 Å². The van der Waals surface area contributed by atoms with Crippen molar-refractivity contribution >= 4 is 6.08 Å². The number of rotatable bonds is 1. The second-order valence-corrected chi connectivity index (χ2v) is 4.96. The molecule has 0 spiro atoms. The number of aryl methyl sites for hydroxylation is 2. The Labute approximate surface area is 97.6 Å². The first kappa shape index (κ1) is 10.1. The molecule has 1 heteroatoms. The van der Waals surface area contributed by atoms with Gasteiger partial charge in [0.2, 0.25) is 0 Å². The molecule has 1 aromatic rings. The summed E-state index contributed by atoms with van der Waals surface area (Å²) in [7, 11) is 0. The van der Waals surface area contributed by atoms with Crippen molar-refractivity contribution < 1.29 is 0 Å². The Bertz CT molecular complexity index is 409. The average molecular weight is 213 g/mol. The summed E-state index contributed by atoms with van der Waals surface area (Å²) in [5, 5.41) is 3.44. The third-order valence-corrected chi connectivity index (χ3v) is 3.70. The standard InChI is InChI=1S/C15H19N/c1-4-14-7-6-12(10-15(14)5-1)9-13-3-2-8-16-11-13/h6-7,9-10,16H,1-5,8,11H2. The second kappa shape index (κ2) is 4.42. The van der Waals surface area contributed by atoms with Gasteiger partial charge in [-0.15, -0.1) is 0 Å². The van der Waals surface area contributed by atoms with Gasteiger partial charge >= 0.3 is 0 Å². The monoisotopic (exact) mass is 213 g/mol. The molecule has 0 atom stereocenters. The molecular weight excluding hydrogens is 194 g/mol. The van der Waals surface area contributed by atoms with Crippen molar-refractivity contribution in [3.8, 4) is 0 Å². The molecule has 0 bridgehead atoms. The van der Waals surface area contributed by atoms with E-state index < -0.39 is 0 Å². The Kier molecular flexibility index (Phi) is 2.79. The number of piperidine rings is 1. The molecule has 1 N–H and O–H groups in total. The van der Waals surface area contributed by atoms with Gasteiger partial charge in [0, 0.05) is 6.54 Å². The molecule has 84 valence electrons. The summed E-state index contributed by atoms with van der Waals surface area (Å²) >= 11 is 0. The van der Waals surface area contributed by atoms with E-state index >= 15 is 0 Å². The van der Waals surface area contributed by atoms with Crippen LogP contribution in [-0.2, 0) is 12.8 Å². The summed E-state index contributed by atoms with van der Waals surface area (Å²) in [5.74, 6) is 0. The molecule has 0 aromatic heterocycles. The fourth-order valence-corrected chi connectivity index (χ4v) is 2.82. The van der Waals surface area contributed by atoms with Gasteiger partial charge in [0.1, 0.15) is 0 Å². The van der Waals surface area contributed by atoms with Gasteiger partial charge in [-0.3, -0.25) is 0 Å². The normalized spacial score (nSPS) is 22.4. The Morgan fingerprint density at radius 2 is 1.94 bits per heavy atom. The van der Waals surface area contributed by atoms with Crippen LogP contribution in [0.15, 0.2) is 23.8 Å². The van der Waals surface area contributed by atoms with Gasteiger partial charge < -0.3 is 5.32 Å². The van der Waals surface area contributed by atoms with E-state index in [4.69, 9.17) is 0 Å². The molecule has 0 unspecified atom stereocenters. The van der Waals surface area contributed by atoms with Crippen molar-refractivity contribution in [1.29, 1.82) is 0 Å². The molecule has 1 nitrogen and oxygen atoms in total. The molecule has 3 rings (SSSR count). The average Bonchev–Trinajstić information content (AvgIpc) is 2.77. The van der Waals surface area contributed by atoms with Crippen molar-refractivity contribution in [3.63, 3.8) is 0 Å². The Balaban J connectivity index is 1.84. The predicted molar refractivity (Wildman–Crippen MR) is 68.5 cm³/mol. The minimum atomic E-state index is 1.08. The SMILES string of the molecule is C(=C1CCCNC1)c1ccc2c(c1)CCC2. The summed E-state index contributed by atoms with van der Waals surface area (Å²) in [6.45, 7) is 2.26. The first-order chi connectivity index (χ1) is 7.92. The lowest BCUT2D eigenvalue weighted by Crippen LogP contribution is -2.23. The third-order valence-electron chi connectivity index (χ3n) is 3.70. The summed E-state index contributed by atoms with van der Waals surface area (Å²) in [6, 6.07) is 7.00. The lowest BCUT2D eigenvalue weighted by molar-refractivity contribution is 0.613. The van der Waals surface area contributed by atoms with E-state index in [-0.39, 0.29) is 0 Å². The van der Waals surface area contributed by atoms with Crippen LogP contribution in [0.4, 0.5) is 0 Å². The van der Waals surface area contributed by atoms with Crippen LogP contribution in [0.25, 0.3) is 6.08 Å². The van der Waals surface area contributed by atoms with Crippen molar-refractivity contribution in [2.75, 3.05) is 13.1 Å². The Morgan fingerprint density at radius 3 is 2.81 bits per heavy atom. The fraction of sp³-hybridized carbons (Fsp3) is 0.467. The highest BCUT2D eigenvalue weighted by molar-refractivity contribution is 5.56. The zero-order valence-corrected chi connectivity index (χ0v) is 9.76. The maximum absolute atomic E-state index is 3.44. The summed E-state index contributed by atoms with van der Waals surface area (Å²) in [5.41, 5.74) is 6.12. The topological polar surface area (TPSA) is 12.0 Å². The van der Waals surface area contributed by atoms with Crippen molar-refractivity contribution in [2.45, 2.75) is 32.1 Å². The van der Waals surface area contributed by atoms with Crippen LogP contribution in [0.3, 0.4) is 0 Å². The molecule has 1 heterocycles. The van der Waals surface area contributed by atoms with E-state index in [1.807, 2.05) is 0 Å². The number of benzene rings is 1. The molecule has 0 amide bonds. The minimum Gasteiger partial charge on any atom is -0.313 e. The molecule has 2 aliphatic rings. The third kappa shape index (κ3) is 2.05. The largest absolute Gasteiger partial charge is 0.313 e. The highest BCUT2D eigenvalue weighted by Crippen LogP contribution is 2.24. The predicted octanol–water partition coefficient (Wildman–Crippen LogP) is 2.94. The molecule has 1 aliphatic carbocycles. The van der Waals surface area contributed by atoms with Crippen LogP contribution in [0.5, 0.6) is 0 Å². The quantitative estimate of drug-likeness (QED) is 0.756. The van der Waals surface area contributed by atoms with Gasteiger partial charge in [0.25, 0.3) is 0 Å². The van der Waals surface area contributed by atoms with Crippen molar-refractivity contribution in [3.05, 3.63) is 40.5 Å². The first-order valence-electron chi connectivity index (χ1n) is 6.44. The van der Waals surface area contributed by atoms with E-state index in [9.17, 15) is 0 Å². The fourth-order valence-electron chi connectivity index (χ4n) is 2.82. The molecule has 1 saturated heterocycles. The number of nitrogens with one attached hydrogen (secondary N) is 1. The molecule has 1 aromatic carbocycles. The van der Waals surface area contributed by atoms with Gasteiger partial charge in [-0.25, -0.2) is 0 Å². The Hall–Kier alpha value is -1.08. The van der Waals surface area contributed by atoms with Gasteiger partial charge in [0.15, 0.2) is 0 Å². The zero-order chi connectivity index (χ0) is 10.8. The molecule has 1 aliphatic heterocycles. The van der Waals surface area contributed by atoms with Crippen LogP contribution < -0.4 is 5.32 Å². The van der Waals surface area contributed by atoms with Gasteiger partial charge in [0.05, 0.1) is 0 Å². The number of fused-ring (bicyclic) bond motifs is 1. The molecule has 0 radical (unpaired) electrons.